The summed E-state index contributed by atoms with van der Waals surface area (Å²) in [6.07, 6.45) is -1.68. The Morgan fingerprint density at radius 3 is 1.67 bits per heavy atom. The first-order valence-corrected chi connectivity index (χ1v) is 6.57. The zero-order valence-corrected chi connectivity index (χ0v) is 16.0. The van der Waals surface area contributed by atoms with Crippen molar-refractivity contribution in [2.24, 2.45) is 5.41 Å². The molecule has 0 rings (SSSR count). The van der Waals surface area contributed by atoms with E-state index in [1.54, 1.807) is 13.8 Å². The van der Waals surface area contributed by atoms with Crippen LogP contribution in [-0.2, 0) is 9.59 Å². The van der Waals surface area contributed by atoms with Crippen molar-refractivity contribution >= 4 is 11.9 Å². The van der Waals surface area contributed by atoms with Crippen LogP contribution >= 0.6 is 0 Å². The molecule has 24 heavy (non-hydrogen) atoms. The average molecular weight is 362 g/mol. The third-order valence-electron chi connectivity index (χ3n) is 2.02. The molecule has 0 unspecified atom stereocenters. The van der Waals surface area contributed by atoms with Gasteiger partial charge in [0.2, 0.25) is 5.91 Å². The quantitative estimate of drug-likeness (QED) is 0.295. The minimum atomic E-state index is -1.37. The van der Waals surface area contributed by atoms with Crippen LogP contribution in [0.25, 0.3) is 0 Å². The monoisotopic (exact) mass is 362 g/mol. The van der Waals surface area contributed by atoms with Crippen LogP contribution in [-0.4, -0.2) is 54.6 Å². The lowest BCUT2D eigenvalue weighted by Crippen LogP contribution is -2.46. The molecule has 0 saturated carbocycles. The van der Waals surface area contributed by atoms with E-state index in [1.807, 2.05) is 0 Å². The highest BCUT2D eigenvalue weighted by Crippen LogP contribution is 2.19. The van der Waals surface area contributed by atoms with Crippen LogP contribution in [0.4, 0.5) is 0 Å². The number of rotatable bonds is 6. The van der Waals surface area contributed by atoms with Crippen LogP contribution < -0.4 is 39.1 Å². The number of aliphatic hydroxyl groups is 2. The molecule has 11 nitrogen and oxygen atoms in total. The summed E-state index contributed by atoms with van der Waals surface area (Å²) in [5.74, 6) is -1.97. The first-order chi connectivity index (χ1) is 9.64. The van der Waals surface area contributed by atoms with E-state index in [0.29, 0.717) is 0 Å². The second-order valence-corrected chi connectivity index (χ2v) is 4.54. The van der Waals surface area contributed by atoms with Crippen molar-refractivity contribution in [3.05, 3.63) is 0 Å². The van der Waals surface area contributed by atoms with Crippen molar-refractivity contribution in [1.82, 2.24) is 23.8 Å². The maximum Gasteiger partial charge on any atom is 0.249 e. The number of aliphatic hydroxyl groups excluding tert-OH is 2. The van der Waals surface area contributed by atoms with Gasteiger partial charge >= 0.3 is 0 Å². The lowest BCUT2D eigenvalue weighted by atomic mass is 9.87. The smallest absolute Gasteiger partial charge is 0.249 e. The summed E-state index contributed by atoms with van der Waals surface area (Å²) in [4.78, 5) is 21.3. The molecule has 0 aromatic carbocycles. The topological polar surface area (TPSA) is 265 Å². The predicted octanol–water partition coefficient (Wildman–Crippen LogP) is -2.52. The predicted molar refractivity (Wildman–Crippen MR) is 88.5 cm³/mol. The second-order valence-electron chi connectivity index (χ2n) is 4.54. The Hall–Kier alpha value is -1.34. The minimum absolute atomic E-state index is 0. The molecule has 0 aromatic heterocycles. The molecule has 0 aliphatic heterocycles. The molecular formula is C13H38N4O7. The van der Waals surface area contributed by atoms with E-state index in [-0.39, 0.29) is 51.2 Å². The van der Waals surface area contributed by atoms with Gasteiger partial charge in [0, 0.05) is 24.3 Å². The van der Waals surface area contributed by atoms with Crippen LogP contribution in [0.15, 0.2) is 0 Å². The van der Waals surface area contributed by atoms with Crippen molar-refractivity contribution in [2.45, 2.75) is 40.2 Å². The van der Waals surface area contributed by atoms with Gasteiger partial charge in [-0.15, -0.1) is 13.2 Å². The van der Waals surface area contributed by atoms with E-state index < -0.39 is 23.4 Å². The van der Waals surface area contributed by atoms with E-state index in [4.69, 9.17) is 15.3 Å². The molecule has 11 heteroatoms. The number of carboxylic acids is 1. The largest absolute Gasteiger partial charge is 0.855 e. The SMILES string of the molecule is CC(C)(CO)[C@@H](O)C(=O)NCCC(=O)[O-].CC[O-].CC[O-].[NH4+].[NH4+].[NH4+]. The fourth-order valence-corrected chi connectivity index (χ4v) is 0.826. The molecule has 0 fully saturated rings. The van der Waals surface area contributed by atoms with Gasteiger partial charge in [0.15, 0.2) is 0 Å². The van der Waals surface area contributed by atoms with Gasteiger partial charge < -0.3 is 54.1 Å². The first-order valence-electron chi connectivity index (χ1n) is 6.57. The lowest BCUT2D eigenvalue weighted by molar-refractivity contribution is -0.362. The maximum absolute atomic E-state index is 11.2. The molecule has 0 radical (unpaired) electrons. The number of aliphatic carboxylic acids is 1. The number of hydrogen-bond donors (Lipinski definition) is 6. The summed E-state index contributed by atoms with van der Waals surface area (Å²) in [5, 5.41) is 48.5. The molecule has 1 amide bonds. The van der Waals surface area contributed by atoms with E-state index in [9.17, 15) is 19.8 Å². The fraction of sp³-hybridized carbons (Fsp3) is 0.846. The van der Waals surface area contributed by atoms with Crippen molar-refractivity contribution in [3.8, 4) is 0 Å². The number of carbonyl (C=O) groups excluding carboxylic acids is 2. The van der Waals surface area contributed by atoms with Gasteiger partial charge in [0.05, 0.1) is 6.61 Å². The molecule has 0 aliphatic rings. The average Bonchev–Trinajstić information content (AvgIpc) is 2.39. The highest BCUT2D eigenvalue weighted by atomic mass is 16.4. The summed E-state index contributed by atoms with van der Waals surface area (Å²) in [6, 6.07) is 0. The van der Waals surface area contributed by atoms with Gasteiger partial charge in [-0.2, -0.15) is 0 Å². The van der Waals surface area contributed by atoms with Crippen molar-refractivity contribution in [1.29, 1.82) is 0 Å². The molecule has 0 spiro atoms. The molecule has 0 aliphatic carbocycles. The molecule has 0 saturated heterocycles. The van der Waals surface area contributed by atoms with Crippen LogP contribution in [0.5, 0.6) is 0 Å². The molecule has 152 valence electrons. The maximum atomic E-state index is 11.2. The lowest BCUT2D eigenvalue weighted by Gasteiger charge is -2.27. The van der Waals surface area contributed by atoms with Gasteiger partial charge in [-0.25, -0.2) is 0 Å². The van der Waals surface area contributed by atoms with E-state index in [0.717, 1.165) is 0 Å². The van der Waals surface area contributed by atoms with E-state index >= 15 is 0 Å². The summed E-state index contributed by atoms with van der Waals surface area (Å²) in [5.41, 5.74) is -0.953. The standard InChI is InChI=1S/C9H17NO5.2C2H5O.3H3N/c1-9(2,5-11)7(14)8(15)10-4-3-6(12)13;2*1-2-3;;;/h7,11,14H,3-5H2,1-2H3,(H,10,15)(H,12,13);2*2H2,1H3;3*1H3/q;2*-1;;;/p+2/t7-;;;;;/m0...../s1. The van der Waals surface area contributed by atoms with E-state index in [1.165, 1.54) is 13.8 Å². The van der Waals surface area contributed by atoms with Gasteiger partial charge in [0.1, 0.15) is 6.10 Å². The zero-order chi connectivity index (χ0) is 17.5. The van der Waals surface area contributed by atoms with Crippen molar-refractivity contribution < 1.29 is 35.1 Å². The third kappa shape index (κ3) is 25.6. The number of nitrogens with one attached hydrogen (secondary N) is 1. The highest BCUT2D eigenvalue weighted by molar-refractivity contribution is 5.81. The Bertz CT molecular complexity index is 277. The molecular weight excluding hydrogens is 324 g/mol. The Labute approximate surface area is 143 Å². The Morgan fingerprint density at radius 2 is 1.42 bits per heavy atom. The normalized spacial score (nSPS) is 9.83. The van der Waals surface area contributed by atoms with Crippen molar-refractivity contribution in [2.75, 3.05) is 26.4 Å². The van der Waals surface area contributed by atoms with E-state index in [2.05, 4.69) is 5.32 Å². The minimum Gasteiger partial charge on any atom is -0.855 e. The summed E-state index contributed by atoms with van der Waals surface area (Å²) in [7, 11) is 0. The second kappa shape index (κ2) is 23.9. The number of carbonyl (C=O) groups is 2. The molecule has 0 heterocycles. The Morgan fingerprint density at radius 1 is 1.08 bits per heavy atom. The number of quaternary nitrogens is 3. The van der Waals surface area contributed by atoms with Crippen molar-refractivity contribution in [3.63, 3.8) is 0 Å². The van der Waals surface area contributed by atoms with Crippen LogP contribution in [0.3, 0.4) is 0 Å². The number of hydrogen-bond acceptors (Lipinski definition) is 7. The summed E-state index contributed by atoms with van der Waals surface area (Å²) < 4.78 is 0. The van der Waals surface area contributed by atoms with Gasteiger partial charge in [-0.05, 0) is 0 Å². The molecule has 1 atom stereocenters. The third-order valence-corrected chi connectivity index (χ3v) is 2.02. The van der Waals surface area contributed by atoms with Crippen LogP contribution in [0, 0.1) is 5.41 Å². The molecule has 0 bridgehead atoms. The zero-order valence-electron chi connectivity index (χ0n) is 16.0. The molecule has 0 aromatic rings. The summed E-state index contributed by atoms with van der Waals surface area (Å²) in [6.45, 7) is 5.74. The van der Waals surface area contributed by atoms with Crippen LogP contribution in [0.2, 0.25) is 0 Å². The van der Waals surface area contributed by atoms with Gasteiger partial charge in [-0.1, -0.05) is 27.7 Å². The van der Waals surface area contributed by atoms with Gasteiger partial charge in [0.25, 0.3) is 0 Å². The number of amides is 1. The molecule has 15 N–H and O–H groups in total. The number of carboxylic acid groups (broad SMARTS) is 1. The Kier molecular flexibility index (Phi) is 38.2. The highest BCUT2D eigenvalue weighted by Gasteiger charge is 2.32. The van der Waals surface area contributed by atoms with Crippen LogP contribution in [0.1, 0.15) is 34.1 Å². The summed E-state index contributed by atoms with van der Waals surface area (Å²) >= 11 is 0. The van der Waals surface area contributed by atoms with Gasteiger partial charge in [-0.3, -0.25) is 4.79 Å². The fourth-order valence-electron chi connectivity index (χ4n) is 0.826. The first kappa shape index (κ1) is 38.3. The Balaban J connectivity index is -0.0000000786.